The smallest absolute Gasteiger partial charge is 0.0497 e. The molecule has 22 heavy (non-hydrogen) atoms. The van der Waals surface area contributed by atoms with E-state index in [1.807, 2.05) is 26.8 Å². The third-order valence-corrected chi connectivity index (χ3v) is 4.52. The van der Waals surface area contributed by atoms with E-state index in [0.29, 0.717) is 0 Å². The highest BCUT2D eigenvalue weighted by Gasteiger charge is 2.14. The van der Waals surface area contributed by atoms with Gasteiger partial charge < -0.3 is 15.3 Å². The summed E-state index contributed by atoms with van der Waals surface area (Å²) in [5.41, 5.74) is 3.30. The van der Waals surface area contributed by atoms with Crippen LogP contribution in [-0.2, 0) is 0 Å². The number of fused-ring (bicyclic) bond motifs is 1. The molecule has 2 rings (SSSR count). The predicted octanol–water partition coefficient (Wildman–Crippen LogP) is 3.13. The van der Waals surface area contributed by atoms with Crippen molar-refractivity contribution < 1.29 is 15.3 Å². The van der Waals surface area contributed by atoms with Crippen LogP contribution in [0.4, 0.5) is 0 Å². The summed E-state index contributed by atoms with van der Waals surface area (Å²) in [6.07, 6.45) is 0. The van der Waals surface area contributed by atoms with Gasteiger partial charge in [0.15, 0.2) is 0 Å². The van der Waals surface area contributed by atoms with Gasteiger partial charge in [0.2, 0.25) is 0 Å². The molecule has 0 amide bonds. The average molecular weight is 302 g/mol. The quantitative estimate of drug-likeness (QED) is 0.768. The molecule has 0 aliphatic rings. The second kappa shape index (κ2) is 7.23. The fourth-order valence-corrected chi connectivity index (χ4v) is 2.75. The van der Waals surface area contributed by atoms with Gasteiger partial charge in [0, 0.05) is 37.6 Å². The van der Waals surface area contributed by atoms with Gasteiger partial charge in [-0.3, -0.25) is 0 Å². The number of hydrogen-bond acceptors (Lipinski definition) is 3. The molecule has 3 unspecified atom stereocenters. The van der Waals surface area contributed by atoms with Crippen molar-refractivity contribution >= 4 is 10.8 Å². The predicted molar refractivity (Wildman–Crippen MR) is 90.5 cm³/mol. The number of hydrogen-bond donors (Lipinski definition) is 3. The van der Waals surface area contributed by atoms with Crippen LogP contribution in [0, 0.1) is 0 Å². The largest absolute Gasteiger partial charge is 0.396 e. The molecule has 3 heteroatoms. The Morgan fingerprint density at radius 2 is 1.27 bits per heavy atom. The maximum Gasteiger partial charge on any atom is 0.0497 e. The van der Waals surface area contributed by atoms with Crippen LogP contribution in [0.5, 0.6) is 0 Å². The first-order valence-corrected chi connectivity index (χ1v) is 7.91. The lowest BCUT2D eigenvalue weighted by atomic mass is 9.88. The third-order valence-electron chi connectivity index (χ3n) is 4.52. The zero-order valence-corrected chi connectivity index (χ0v) is 13.6. The summed E-state index contributed by atoms with van der Waals surface area (Å²) in [6.45, 7) is 6.32. The van der Waals surface area contributed by atoms with Crippen molar-refractivity contribution in [1.82, 2.24) is 0 Å². The monoisotopic (exact) mass is 302 g/mol. The van der Waals surface area contributed by atoms with E-state index in [1.54, 1.807) is 0 Å². The normalized spacial score (nSPS) is 15.7. The summed E-state index contributed by atoms with van der Waals surface area (Å²) in [7, 11) is 0. The summed E-state index contributed by atoms with van der Waals surface area (Å²) in [5, 5.41) is 30.6. The van der Waals surface area contributed by atoms with E-state index in [9.17, 15) is 15.3 Å². The van der Waals surface area contributed by atoms with Crippen molar-refractivity contribution in [3.05, 3.63) is 47.0 Å². The van der Waals surface area contributed by atoms with Crippen molar-refractivity contribution in [3.63, 3.8) is 0 Å². The molecule has 3 N–H and O–H groups in total. The lowest BCUT2D eigenvalue weighted by molar-refractivity contribution is 0.271. The summed E-state index contributed by atoms with van der Waals surface area (Å²) in [4.78, 5) is 0. The molecule has 2 aromatic rings. The van der Waals surface area contributed by atoms with Gasteiger partial charge in [0.05, 0.1) is 0 Å². The first kappa shape index (κ1) is 16.9. The zero-order valence-electron chi connectivity index (χ0n) is 13.6. The fourth-order valence-electron chi connectivity index (χ4n) is 2.75. The van der Waals surface area contributed by atoms with Gasteiger partial charge in [-0.1, -0.05) is 51.1 Å². The van der Waals surface area contributed by atoms with E-state index in [0.717, 1.165) is 27.5 Å². The number of rotatable bonds is 6. The molecule has 3 nitrogen and oxygen atoms in total. The maximum absolute atomic E-state index is 9.53. The Labute approximate surface area is 132 Å². The van der Waals surface area contributed by atoms with E-state index < -0.39 is 0 Å². The van der Waals surface area contributed by atoms with Crippen molar-refractivity contribution in [3.8, 4) is 0 Å². The Morgan fingerprint density at radius 3 is 1.86 bits per heavy atom. The summed E-state index contributed by atoms with van der Waals surface area (Å²) >= 11 is 0. The van der Waals surface area contributed by atoms with Crippen LogP contribution in [0.25, 0.3) is 10.8 Å². The first-order valence-electron chi connectivity index (χ1n) is 7.91. The molecule has 0 radical (unpaired) electrons. The first-order chi connectivity index (χ1) is 10.5. The minimum atomic E-state index is 0.0504. The van der Waals surface area contributed by atoms with Gasteiger partial charge in [-0.15, -0.1) is 0 Å². The maximum atomic E-state index is 9.53. The molecule has 120 valence electrons. The molecule has 0 bridgehead atoms. The van der Waals surface area contributed by atoms with Crippen LogP contribution in [0.15, 0.2) is 30.3 Å². The van der Waals surface area contributed by atoms with Crippen molar-refractivity contribution in [2.24, 2.45) is 0 Å². The van der Waals surface area contributed by atoms with E-state index in [2.05, 4.69) is 24.3 Å². The summed E-state index contributed by atoms with van der Waals surface area (Å²) in [5.74, 6) is 0.212. The lowest BCUT2D eigenvalue weighted by Crippen LogP contribution is -2.05. The lowest BCUT2D eigenvalue weighted by Gasteiger charge is -2.18. The van der Waals surface area contributed by atoms with Gasteiger partial charge in [-0.25, -0.2) is 0 Å². The van der Waals surface area contributed by atoms with Crippen LogP contribution < -0.4 is 0 Å². The summed E-state index contributed by atoms with van der Waals surface area (Å²) in [6, 6.07) is 10.4. The van der Waals surface area contributed by atoms with E-state index >= 15 is 0 Å². The van der Waals surface area contributed by atoms with Gasteiger partial charge in [0.25, 0.3) is 0 Å². The standard InChI is InChI=1S/C19H26O3/c1-12(9-20)15-4-5-18-17(6-15)7-16(13(2)10-21)8-19(18)14(3)11-22/h4-8,12-14,20-22H,9-11H2,1-3H3. The molecule has 3 atom stereocenters. The second-order valence-electron chi connectivity index (χ2n) is 6.34. The molecule has 0 saturated heterocycles. The van der Waals surface area contributed by atoms with Crippen molar-refractivity contribution in [2.75, 3.05) is 19.8 Å². The molecule has 0 aliphatic heterocycles. The van der Waals surface area contributed by atoms with Crippen LogP contribution >= 0.6 is 0 Å². The molecular weight excluding hydrogens is 276 g/mol. The Hall–Kier alpha value is -1.42. The van der Waals surface area contributed by atoms with Gasteiger partial charge in [-0.2, -0.15) is 0 Å². The molecule has 0 aromatic heterocycles. The fraction of sp³-hybridized carbons (Fsp3) is 0.474. The van der Waals surface area contributed by atoms with E-state index in [1.165, 1.54) is 0 Å². The molecular formula is C19H26O3. The number of aliphatic hydroxyl groups excluding tert-OH is 3. The molecule has 2 aromatic carbocycles. The average Bonchev–Trinajstić information content (AvgIpc) is 2.57. The molecule has 0 heterocycles. The van der Waals surface area contributed by atoms with E-state index in [4.69, 9.17) is 0 Å². The molecule has 0 spiro atoms. The van der Waals surface area contributed by atoms with Gasteiger partial charge in [-0.05, 0) is 27.5 Å². The molecule has 0 saturated carbocycles. The molecule has 0 aliphatic carbocycles. The zero-order chi connectivity index (χ0) is 16.3. The minimum Gasteiger partial charge on any atom is -0.396 e. The highest BCUT2D eigenvalue weighted by molar-refractivity contribution is 5.88. The van der Waals surface area contributed by atoms with E-state index in [-0.39, 0.29) is 37.6 Å². The van der Waals surface area contributed by atoms with Crippen LogP contribution in [-0.4, -0.2) is 35.1 Å². The Morgan fingerprint density at radius 1 is 0.727 bits per heavy atom. The Kier molecular flexibility index (Phi) is 5.57. The summed E-state index contributed by atoms with van der Waals surface area (Å²) < 4.78 is 0. The van der Waals surface area contributed by atoms with Gasteiger partial charge in [0.1, 0.15) is 0 Å². The topological polar surface area (TPSA) is 60.7 Å². The Balaban J connectivity index is 2.65. The number of aliphatic hydroxyl groups is 3. The third kappa shape index (κ3) is 3.32. The van der Waals surface area contributed by atoms with Gasteiger partial charge >= 0.3 is 0 Å². The van der Waals surface area contributed by atoms with Crippen LogP contribution in [0.3, 0.4) is 0 Å². The van der Waals surface area contributed by atoms with Crippen LogP contribution in [0.1, 0.15) is 55.2 Å². The number of benzene rings is 2. The molecule has 0 fully saturated rings. The SMILES string of the molecule is CC(CO)c1ccc2c(C(C)CO)cc(C(C)CO)cc2c1. The Bertz CT molecular complexity index is 631. The van der Waals surface area contributed by atoms with Crippen molar-refractivity contribution in [1.29, 1.82) is 0 Å². The minimum absolute atomic E-state index is 0.0504. The highest BCUT2D eigenvalue weighted by Crippen LogP contribution is 2.32. The highest BCUT2D eigenvalue weighted by atomic mass is 16.3. The second-order valence-corrected chi connectivity index (χ2v) is 6.34. The van der Waals surface area contributed by atoms with Crippen molar-refractivity contribution in [2.45, 2.75) is 38.5 Å². The van der Waals surface area contributed by atoms with Crippen LogP contribution in [0.2, 0.25) is 0 Å².